The lowest BCUT2D eigenvalue weighted by Gasteiger charge is -2.05. The molecule has 0 unspecified atom stereocenters. The summed E-state index contributed by atoms with van der Waals surface area (Å²) in [7, 11) is 0. The summed E-state index contributed by atoms with van der Waals surface area (Å²) < 4.78 is 6.05. The summed E-state index contributed by atoms with van der Waals surface area (Å²) in [5.74, 6) is 0.238. The van der Waals surface area contributed by atoms with E-state index in [4.69, 9.17) is 9.84 Å². The number of rotatable bonds is 6. The van der Waals surface area contributed by atoms with Gasteiger partial charge in [-0.15, -0.1) is 0 Å². The molecule has 0 atom stereocenters. The van der Waals surface area contributed by atoms with Crippen LogP contribution in [0.3, 0.4) is 0 Å². The van der Waals surface area contributed by atoms with Gasteiger partial charge in [0.1, 0.15) is 0 Å². The second kappa shape index (κ2) is 7.03. The summed E-state index contributed by atoms with van der Waals surface area (Å²) in [6.07, 6.45) is 3.94. The monoisotopic (exact) mass is 301 g/mol. The van der Waals surface area contributed by atoms with Gasteiger partial charge in [-0.2, -0.15) is 0 Å². The van der Waals surface area contributed by atoms with E-state index in [0.717, 1.165) is 4.47 Å². The van der Waals surface area contributed by atoms with Gasteiger partial charge in [-0.3, -0.25) is 10.1 Å². The van der Waals surface area contributed by atoms with Crippen LogP contribution in [0.1, 0.15) is 6.42 Å². The molecule has 1 aromatic carbocycles. The highest BCUT2D eigenvalue weighted by atomic mass is 79.9. The minimum Gasteiger partial charge on any atom is -0.486 e. The molecule has 6 heteroatoms. The zero-order chi connectivity index (χ0) is 12.7. The molecule has 0 saturated carbocycles. The largest absolute Gasteiger partial charge is 0.486 e. The average molecular weight is 302 g/mol. The number of benzene rings is 1. The van der Waals surface area contributed by atoms with Gasteiger partial charge >= 0.3 is 5.69 Å². The minimum atomic E-state index is -0.481. The van der Waals surface area contributed by atoms with Crippen molar-refractivity contribution in [2.75, 3.05) is 13.2 Å². The molecular weight excluding hydrogens is 290 g/mol. The van der Waals surface area contributed by atoms with E-state index in [-0.39, 0.29) is 18.0 Å². The Morgan fingerprint density at radius 1 is 1.47 bits per heavy atom. The van der Waals surface area contributed by atoms with Crippen LogP contribution in [0.5, 0.6) is 5.75 Å². The summed E-state index contributed by atoms with van der Waals surface area (Å²) >= 11 is 3.23. The number of nitro groups is 1. The fraction of sp³-hybridized carbons (Fsp3) is 0.273. The predicted octanol–water partition coefficient (Wildman–Crippen LogP) is 2.67. The molecule has 0 fully saturated rings. The molecule has 0 aliphatic heterocycles. The maximum absolute atomic E-state index is 10.7. The van der Waals surface area contributed by atoms with Crippen molar-refractivity contribution in [1.29, 1.82) is 0 Å². The highest BCUT2D eigenvalue weighted by Crippen LogP contribution is 2.30. The topological polar surface area (TPSA) is 72.6 Å². The van der Waals surface area contributed by atoms with Crippen LogP contribution in [0.15, 0.2) is 34.8 Å². The van der Waals surface area contributed by atoms with E-state index >= 15 is 0 Å². The van der Waals surface area contributed by atoms with E-state index < -0.39 is 4.92 Å². The molecule has 92 valence electrons. The first-order chi connectivity index (χ1) is 8.15. The Morgan fingerprint density at radius 3 is 2.88 bits per heavy atom. The lowest BCUT2D eigenvalue weighted by Crippen LogP contribution is -1.99. The Balaban J connectivity index is 2.65. The molecule has 1 aromatic rings. The molecule has 5 nitrogen and oxygen atoms in total. The van der Waals surface area contributed by atoms with Crippen LogP contribution in [-0.2, 0) is 0 Å². The van der Waals surface area contributed by atoms with Gasteiger partial charge < -0.3 is 9.84 Å². The van der Waals surface area contributed by atoms with E-state index in [1.165, 1.54) is 6.07 Å². The zero-order valence-corrected chi connectivity index (χ0v) is 10.6. The van der Waals surface area contributed by atoms with E-state index in [0.29, 0.717) is 13.0 Å². The molecule has 0 saturated heterocycles. The fourth-order valence-corrected chi connectivity index (χ4v) is 1.52. The molecule has 1 rings (SSSR count). The Morgan fingerprint density at radius 2 is 2.24 bits per heavy atom. The number of halogens is 1. The number of hydrogen-bond acceptors (Lipinski definition) is 4. The first kappa shape index (κ1) is 13.7. The van der Waals surface area contributed by atoms with Gasteiger partial charge in [0.2, 0.25) is 0 Å². The number of ether oxygens (including phenoxy) is 1. The van der Waals surface area contributed by atoms with Crippen LogP contribution in [0.2, 0.25) is 0 Å². The van der Waals surface area contributed by atoms with E-state index in [9.17, 15) is 10.1 Å². The van der Waals surface area contributed by atoms with Crippen molar-refractivity contribution in [1.82, 2.24) is 0 Å². The van der Waals surface area contributed by atoms with Crippen LogP contribution in [-0.4, -0.2) is 23.2 Å². The van der Waals surface area contributed by atoms with Crippen molar-refractivity contribution < 1.29 is 14.8 Å². The molecule has 0 aliphatic carbocycles. The Kier molecular flexibility index (Phi) is 5.65. The van der Waals surface area contributed by atoms with E-state index in [1.807, 2.05) is 0 Å². The summed E-state index contributed by atoms with van der Waals surface area (Å²) in [4.78, 5) is 10.3. The molecular formula is C11H12BrNO4. The van der Waals surface area contributed by atoms with Gasteiger partial charge in [0.15, 0.2) is 5.75 Å². The van der Waals surface area contributed by atoms with E-state index in [2.05, 4.69) is 15.9 Å². The molecule has 0 aromatic heterocycles. The van der Waals surface area contributed by atoms with Crippen molar-refractivity contribution >= 4 is 21.6 Å². The Labute approximate surface area is 107 Å². The molecule has 0 aliphatic rings. The van der Waals surface area contributed by atoms with Crippen LogP contribution < -0.4 is 4.74 Å². The summed E-state index contributed by atoms with van der Waals surface area (Å²) in [6, 6.07) is 4.55. The number of nitrogens with zero attached hydrogens (tertiary/aromatic N) is 1. The van der Waals surface area contributed by atoms with Crippen molar-refractivity contribution in [3.8, 4) is 5.75 Å². The van der Waals surface area contributed by atoms with Crippen LogP contribution in [0, 0.1) is 10.1 Å². The third-order valence-electron chi connectivity index (χ3n) is 1.93. The fourth-order valence-electron chi connectivity index (χ4n) is 1.18. The first-order valence-corrected chi connectivity index (χ1v) is 5.77. The second-order valence-electron chi connectivity index (χ2n) is 3.16. The van der Waals surface area contributed by atoms with Crippen molar-refractivity contribution in [2.24, 2.45) is 0 Å². The third-order valence-corrected chi connectivity index (χ3v) is 2.43. The van der Waals surface area contributed by atoms with Gasteiger partial charge in [0, 0.05) is 16.6 Å². The van der Waals surface area contributed by atoms with Crippen LogP contribution >= 0.6 is 15.9 Å². The van der Waals surface area contributed by atoms with Gasteiger partial charge in [0.25, 0.3) is 0 Å². The van der Waals surface area contributed by atoms with Gasteiger partial charge in [0.05, 0.1) is 18.1 Å². The molecule has 0 radical (unpaired) electrons. The summed E-state index contributed by atoms with van der Waals surface area (Å²) in [5, 5.41) is 19.2. The quantitative estimate of drug-likeness (QED) is 0.379. The second-order valence-corrected chi connectivity index (χ2v) is 4.08. The van der Waals surface area contributed by atoms with Crippen molar-refractivity contribution in [2.45, 2.75) is 6.42 Å². The Hall–Kier alpha value is -1.40. The summed E-state index contributed by atoms with van der Waals surface area (Å²) in [5.41, 5.74) is -0.0562. The number of hydrogen-bond donors (Lipinski definition) is 1. The molecule has 1 N–H and O–H groups in total. The van der Waals surface area contributed by atoms with Crippen LogP contribution in [0.25, 0.3) is 0 Å². The maximum atomic E-state index is 10.7. The molecule has 0 spiro atoms. The van der Waals surface area contributed by atoms with Crippen molar-refractivity contribution in [3.63, 3.8) is 0 Å². The average Bonchev–Trinajstić information content (AvgIpc) is 2.28. The smallest absolute Gasteiger partial charge is 0.310 e. The standard InChI is InChI=1S/C11H12BrNO4/c12-9-4-5-10(13(15)16)11(8-9)17-7-3-1-2-6-14/h1-2,4-5,8,14H,3,6-7H2. The molecule has 0 heterocycles. The number of nitro benzene ring substituents is 1. The van der Waals surface area contributed by atoms with E-state index in [1.54, 1.807) is 24.3 Å². The molecule has 17 heavy (non-hydrogen) atoms. The molecule has 0 bridgehead atoms. The normalized spacial score (nSPS) is 10.7. The van der Waals surface area contributed by atoms with Gasteiger partial charge in [-0.05, 0) is 12.5 Å². The zero-order valence-electron chi connectivity index (χ0n) is 9.01. The number of aliphatic hydroxyl groups is 1. The first-order valence-electron chi connectivity index (χ1n) is 4.97. The SMILES string of the molecule is O=[N+]([O-])c1ccc(Br)cc1OCCC=CCO. The van der Waals surface area contributed by atoms with Gasteiger partial charge in [-0.1, -0.05) is 28.1 Å². The van der Waals surface area contributed by atoms with Gasteiger partial charge in [-0.25, -0.2) is 0 Å². The van der Waals surface area contributed by atoms with Crippen LogP contribution in [0.4, 0.5) is 5.69 Å². The lowest BCUT2D eigenvalue weighted by atomic mass is 10.3. The molecule has 0 amide bonds. The van der Waals surface area contributed by atoms with Crippen molar-refractivity contribution in [3.05, 3.63) is 44.9 Å². The minimum absolute atomic E-state index is 0.0168. The lowest BCUT2D eigenvalue weighted by molar-refractivity contribution is -0.385. The summed E-state index contributed by atoms with van der Waals surface area (Å²) in [6.45, 7) is 0.310. The Bertz CT molecular complexity index is 420. The highest BCUT2D eigenvalue weighted by Gasteiger charge is 2.14. The highest BCUT2D eigenvalue weighted by molar-refractivity contribution is 9.10. The maximum Gasteiger partial charge on any atom is 0.310 e. The third kappa shape index (κ3) is 4.54. The predicted molar refractivity (Wildman–Crippen MR) is 67.1 cm³/mol. The number of aliphatic hydroxyl groups excluding tert-OH is 1.